The summed E-state index contributed by atoms with van der Waals surface area (Å²) in [6, 6.07) is 5.13. The lowest BCUT2D eigenvalue weighted by atomic mass is 10.1. The van der Waals surface area contributed by atoms with Crippen LogP contribution in [0.2, 0.25) is 5.02 Å². The van der Waals surface area contributed by atoms with Crippen molar-refractivity contribution in [2.75, 3.05) is 12.4 Å². The first-order valence-corrected chi connectivity index (χ1v) is 6.13. The Balaban J connectivity index is 2.70. The molecule has 88 valence electrons. The van der Waals surface area contributed by atoms with Crippen LogP contribution < -0.4 is 0 Å². The van der Waals surface area contributed by atoms with Crippen molar-refractivity contribution in [1.29, 1.82) is 0 Å². The summed E-state index contributed by atoms with van der Waals surface area (Å²) in [5.41, 5.74) is 0.494. The Hall–Kier alpha value is -0.550. The second-order valence-electron chi connectivity index (χ2n) is 3.35. The zero-order valence-electron chi connectivity index (χ0n) is 8.81. The normalized spacial score (nSPS) is 12.5. The van der Waals surface area contributed by atoms with Crippen LogP contribution in [-0.4, -0.2) is 34.5 Å². The molecule has 0 aromatic heterocycles. The minimum atomic E-state index is -0.740. The van der Waals surface area contributed by atoms with E-state index in [1.165, 1.54) is 18.7 Å². The van der Waals surface area contributed by atoms with Gasteiger partial charge in [-0.25, -0.2) is 0 Å². The highest BCUT2D eigenvalue weighted by molar-refractivity contribution is 7.99. The zero-order chi connectivity index (χ0) is 12.1. The molecule has 3 nitrogen and oxygen atoms in total. The van der Waals surface area contributed by atoms with E-state index in [2.05, 4.69) is 0 Å². The summed E-state index contributed by atoms with van der Waals surface area (Å²) in [4.78, 5) is 12.0. The van der Waals surface area contributed by atoms with Gasteiger partial charge in [0.15, 0.2) is 5.78 Å². The van der Waals surface area contributed by atoms with Crippen molar-refractivity contribution in [3.05, 3.63) is 28.8 Å². The number of carbonyl (C=O) groups excluding carboxylic acids is 1. The number of aliphatic hydroxyl groups excluding tert-OH is 2. The molecule has 16 heavy (non-hydrogen) atoms. The molecule has 2 N–H and O–H groups in total. The van der Waals surface area contributed by atoms with Crippen LogP contribution >= 0.6 is 23.4 Å². The predicted octanol–water partition coefficient (Wildman–Crippen LogP) is 1.99. The van der Waals surface area contributed by atoms with Crippen LogP contribution in [0.1, 0.15) is 17.3 Å². The van der Waals surface area contributed by atoms with E-state index in [1.54, 1.807) is 18.2 Å². The molecule has 0 aliphatic rings. The van der Waals surface area contributed by atoms with Gasteiger partial charge in [0.05, 0.1) is 17.7 Å². The second-order valence-corrected chi connectivity index (χ2v) is 4.85. The molecule has 1 rings (SSSR count). The van der Waals surface area contributed by atoms with Crippen molar-refractivity contribution in [2.45, 2.75) is 17.9 Å². The molecule has 0 spiro atoms. The maximum absolute atomic E-state index is 11.1. The summed E-state index contributed by atoms with van der Waals surface area (Å²) in [6.07, 6.45) is -0.740. The van der Waals surface area contributed by atoms with E-state index < -0.39 is 6.10 Å². The van der Waals surface area contributed by atoms with E-state index >= 15 is 0 Å². The Morgan fingerprint density at radius 2 is 2.25 bits per heavy atom. The largest absolute Gasteiger partial charge is 0.394 e. The van der Waals surface area contributed by atoms with Crippen molar-refractivity contribution in [2.24, 2.45) is 0 Å². The van der Waals surface area contributed by atoms with Crippen molar-refractivity contribution in [1.82, 2.24) is 0 Å². The number of Topliss-reactive ketones (excluding diaryl/α,β-unsaturated/α-hetero) is 1. The third-order valence-corrected chi connectivity index (χ3v) is 3.42. The van der Waals surface area contributed by atoms with Gasteiger partial charge < -0.3 is 10.2 Å². The number of thioether (sulfide) groups is 1. The highest BCUT2D eigenvalue weighted by Crippen LogP contribution is 2.25. The summed E-state index contributed by atoms with van der Waals surface area (Å²) in [5.74, 6) is 0.323. The van der Waals surface area contributed by atoms with Crippen molar-refractivity contribution in [3.63, 3.8) is 0 Å². The predicted molar refractivity (Wildman–Crippen MR) is 65.3 cm³/mol. The van der Waals surface area contributed by atoms with Crippen LogP contribution in [-0.2, 0) is 0 Å². The molecule has 0 aliphatic heterocycles. The summed E-state index contributed by atoms with van der Waals surface area (Å²) in [6.45, 7) is 1.20. The number of aliphatic hydroxyl groups is 2. The first-order valence-electron chi connectivity index (χ1n) is 4.76. The highest BCUT2D eigenvalue weighted by Gasteiger charge is 2.08. The Kier molecular flexibility index (Phi) is 5.28. The quantitative estimate of drug-likeness (QED) is 0.628. The van der Waals surface area contributed by atoms with E-state index in [9.17, 15) is 9.90 Å². The molecule has 1 atom stereocenters. The Bertz CT molecular complexity index is 381. The summed E-state index contributed by atoms with van der Waals surface area (Å²) >= 11 is 7.31. The molecule has 0 radical (unpaired) electrons. The molecule has 0 heterocycles. The summed E-state index contributed by atoms with van der Waals surface area (Å²) in [5, 5.41) is 18.2. The summed E-state index contributed by atoms with van der Waals surface area (Å²) in [7, 11) is 0. The average molecular weight is 261 g/mol. The molecule has 0 saturated carbocycles. The van der Waals surface area contributed by atoms with Crippen LogP contribution in [0.25, 0.3) is 0 Å². The van der Waals surface area contributed by atoms with Crippen molar-refractivity contribution in [3.8, 4) is 0 Å². The van der Waals surface area contributed by atoms with Gasteiger partial charge in [-0.15, -0.1) is 11.8 Å². The molecule has 0 saturated heterocycles. The third-order valence-electron chi connectivity index (χ3n) is 1.97. The van der Waals surface area contributed by atoms with Gasteiger partial charge in [0.2, 0.25) is 0 Å². The third kappa shape index (κ3) is 3.79. The van der Waals surface area contributed by atoms with E-state index in [1.807, 2.05) is 0 Å². The van der Waals surface area contributed by atoms with E-state index in [0.29, 0.717) is 16.3 Å². The average Bonchev–Trinajstić information content (AvgIpc) is 2.25. The Morgan fingerprint density at radius 3 is 2.75 bits per heavy atom. The minimum Gasteiger partial charge on any atom is -0.394 e. The maximum Gasteiger partial charge on any atom is 0.161 e. The molecule has 0 amide bonds. The monoisotopic (exact) mass is 260 g/mol. The standard InChI is InChI=1S/C11H13ClO3S/c1-7(14)10-3-2-9(4-11(10)12)16-6-8(15)5-13/h2-4,8,13,15H,5-6H2,1H3. The number of carbonyl (C=O) groups is 1. The van der Waals surface area contributed by atoms with Gasteiger partial charge in [0.25, 0.3) is 0 Å². The lowest BCUT2D eigenvalue weighted by Crippen LogP contribution is -2.14. The first kappa shape index (κ1) is 13.5. The number of hydrogen-bond donors (Lipinski definition) is 2. The van der Waals surface area contributed by atoms with Crippen LogP contribution in [0.5, 0.6) is 0 Å². The number of hydrogen-bond acceptors (Lipinski definition) is 4. The molecule has 0 bridgehead atoms. The van der Waals surface area contributed by atoms with Gasteiger partial charge in [-0.05, 0) is 25.1 Å². The van der Waals surface area contributed by atoms with Crippen LogP contribution in [0.15, 0.2) is 23.1 Å². The fourth-order valence-corrected chi connectivity index (χ4v) is 2.35. The van der Waals surface area contributed by atoms with Crippen molar-refractivity contribution >= 4 is 29.1 Å². The Morgan fingerprint density at radius 1 is 1.56 bits per heavy atom. The van der Waals surface area contributed by atoms with Gasteiger partial charge in [0.1, 0.15) is 0 Å². The molecular weight excluding hydrogens is 248 g/mol. The smallest absolute Gasteiger partial charge is 0.161 e. The topological polar surface area (TPSA) is 57.5 Å². The van der Waals surface area contributed by atoms with Gasteiger partial charge in [0, 0.05) is 16.2 Å². The fraction of sp³-hybridized carbons (Fsp3) is 0.364. The van der Waals surface area contributed by atoms with Gasteiger partial charge in [-0.2, -0.15) is 0 Å². The van der Waals surface area contributed by atoms with E-state index in [-0.39, 0.29) is 12.4 Å². The highest BCUT2D eigenvalue weighted by atomic mass is 35.5. The van der Waals surface area contributed by atoms with Crippen LogP contribution in [0, 0.1) is 0 Å². The van der Waals surface area contributed by atoms with E-state index in [4.69, 9.17) is 16.7 Å². The summed E-state index contributed by atoms with van der Waals surface area (Å²) < 4.78 is 0. The maximum atomic E-state index is 11.1. The van der Waals surface area contributed by atoms with Crippen LogP contribution in [0.3, 0.4) is 0 Å². The van der Waals surface area contributed by atoms with Crippen LogP contribution in [0.4, 0.5) is 0 Å². The number of rotatable bonds is 5. The fourth-order valence-electron chi connectivity index (χ4n) is 1.12. The molecule has 0 aliphatic carbocycles. The van der Waals surface area contributed by atoms with E-state index in [0.717, 1.165) is 4.90 Å². The first-order chi connectivity index (χ1) is 7.54. The van der Waals surface area contributed by atoms with Crippen molar-refractivity contribution < 1.29 is 15.0 Å². The van der Waals surface area contributed by atoms with Gasteiger partial charge in [-0.1, -0.05) is 11.6 Å². The van der Waals surface area contributed by atoms with Gasteiger partial charge >= 0.3 is 0 Å². The number of halogens is 1. The SMILES string of the molecule is CC(=O)c1ccc(SCC(O)CO)cc1Cl. The zero-order valence-corrected chi connectivity index (χ0v) is 10.4. The molecular formula is C11H13ClO3S. The minimum absolute atomic E-state index is 0.0723. The number of ketones is 1. The molecule has 1 aromatic carbocycles. The molecule has 1 unspecified atom stereocenters. The van der Waals surface area contributed by atoms with Gasteiger partial charge in [-0.3, -0.25) is 4.79 Å². The molecule has 5 heteroatoms. The second kappa shape index (κ2) is 6.25. The Labute approximate surface area is 103 Å². The number of benzene rings is 1. The lowest BCUT2D eigenvalue weighted by molar-refractivity contribution is 0.101. The molecule has 1 aromatic rings. The molecule has 0 fully saturated rings. The lowest BCUT2D eigenvalue weighted by Gasteiger charge is -2.07.